The summed E-state index contributed by atoms with van der Waals surface area (Å²) in [5, 5.41) is 9.12. The summed E-state index contributed by atoms with van der Waals surface area (Å²) in [6.07, 6.45) is 1.97. The van der Waals surface area contributed by atoms with E-state index in [1.165, 1.54) is 0 Å². The highest BCUT2D eigenvalue weighted by atomic mass is 16.2. The van der Waals surface area contributed by atoms with Gasteiger partial charge in [-0.15, -0.1) is 0 Å². The van der Waals surface area contributed by atoms with E-state index in [1.807, 2.05) is 55.5 Å². The van der Waals surface area contributed by atoms with Crippen LogP contribution in [0.25, 0.3) is 0 Å². The SMILES string of the molecule is CC(C)c1ccccc1NC(=O)[C@@H](C)Nc1ccc(NC(=O)C2CC2)cc1. The van der Waals surface area contributed by atoms with Crippen LogP contribution in [0, 0.1) is 5.92 Å². The maximum Gasteiger partial charge on any atom is 0.246 e. The second kappa shape index (κ2) is 8.25. The molecule has 1 atom stereocenters. The molecule has 0 saturated heterocycles. The first-order valence-electron chi connectivity index (χ1n) is 9.51. The largest absolute Gasteiger partial charge is 0.374 e. The number of benzene rings is 2. The van der Waals surface area contributed by atoms with E-state index in [0.717, 1.165) is 35.5 Å². The lowest BCUT2D eigenvalue weighted by Crippen LogP contribution is -2.32. The highest BCUT2D eigenvalue weighted by Crippen LogP contribution is 2.30. The molecular formula is C22H27N3O2. The maximum absolute atomic E-state index is 12.6. The van der Waals surface area contributed by atoms with Crippen molar-refractivity contribution in [2.45, 2.75) is 45.6 Å². The third-order valence-electron chi connectivity index (χ3n) is 4.72. The Balaban J connectivity index is 1.57. The number of hydrogen-bond donors (Lipinski definition) is 3. The number of amides is 2. The van der Waals surface area contributed by atoms with E-state index in [4.69, 9.17) is 0 Å². The van der Waals surface area contributed by atoms with Crippen LogP contribution in [0.15, 0.2) is 48.5 Å². The molecule has 0 unspecified atom stereocenters. The van der Waals surface area contributed by atoms with Gasteiger partial charge in [-0.25, -0.2) is 0 Å². The Kier molecular flexibility index (Phi) is 5.79. The Morgan fingerprint density at radius 1 is 0.889 bits per heavy atom. The normalized spacial score (nSPS) is 14.5. The lowest BCUT2D eigenvalue weighted by atomic mass is 10.0. The minimum absolute atomic E-state index is 0.0887. The minimum atomic E-state index is -0.392. The van der Waals surface area contributed by atoms with Crippen molar-refractivity contribution in [1.29, 1.82) is 0 Å². The molecule has 5 nitrogen and oxygen atoms in total. The van der Waals surface area contributed by atoms with Crippen LogP contribution in [0.4, 0.5) is 17.1 Å². The van der Waals surface area contributed by atoms with Crippen molar-refractivity contribution >= 4 is 28.9 Å². The fraction of sp³-hybridized carbons (Fsp3) is 0.364. The average Bonchev–Trinajstić information content (AvgIpc) is 3.49. The number of nitrogens with one attached hydrogen (secondary N) is 3. The average molecular weight is 365 g/mol. The molecule has 5 heteroatoms. The van der Waals surface area contributed by atoms with Gasteiger partial charge in [0.1, 0.15) is 6.04 Å². The minimum Gasteiger partial charge on any atom is -0.374 e. The maximum atomic E-state index is 12.6. The van der Waals surface area contributed by atoms with Crippen LogP contribution in [0.5, 0.6) is 0 Å². The van der Waals surface area contributed by atoms with E-state index in [-0.39, 0.29) is 17.7 Å². The highest BCUT2D eigenvalue weighted by Gasteiger charge is 2.29. The van der Waals surface area contributed by atoms with Crippen molar-refractivity contribution in [3.8, 4) is 0 Å². The van der Waals surface area contributed by atoms with Crippen molar-refractivity contribution in [1.82, 2.24) is 0 Å². The molecule has 0 heterocycles. The van der Waals surface area contributed by atoms with Crippen LogP contribution in [0.3, 0.4) is 0 Å². The zero-order valence-electron chi connectivity index (χ0n) is 16.1. The van der Waals surface area contributed by atoms with Gasteiger partial charge in [0, 0.05) is 23.0 Å². The molecule has 1 saturated carbocycles. The van der Waals surface area contributed by atoms with Gasteiger partial charge >= 0.3 is 0 Å². The first-order chi connectivity index (χ1) is 12.9. The molecule has 0 aromatic heterocycles. The molecule has 2 amide bonds. The summed E-state index contributed by atoms with van der Waals surface area (Å²) in [7, 11) is 0. The van der Waals surface area contributed by atoms with Gasteiger partial charge in [0.2, 0.25) is 11.8 Å². The second-order valence-electron chi connectivity index (χ2n) is 7.44. The third-order valence-corrected chi connectivity index (χ3v) is 4.72. The first kappa shape index (κ1) is 19.0. The molecule has 1 aliphatic rings. The van der Waals surface area contributed by atoms with E-state index < -0.39 is 6.04 Å². The van der Waals surface area contributed by atoms with Crippen molar-refractivity contribution < 1.29 is 9.59 Å². The Hall–Kier alpha value is -2.82. The molecular weight excluding hydrogens is 338 g/mol. The summed E-state index contributed by atoms with van der Waals surface area (Å²) in [5.74, 6) is 0.518. The highest BCUT2D eigenvalue weighted by molar-refractivity contribution is 5.97. The molecule has 2 aromatic rings. The summed E-state index contributed by atoms with van der Waals surface area (Å²) in [4.78, 5) is 24.4. The second-order valence-corrected chi connectivity index (χ2v) is 7.44. The Labute approximate surface area is 160 Å². The summed E-state index contributed by atoms with van der Waals surface area (Å²) >= 11 is 0. The number of para-hydroxylation sites is 1. The Bertz CT molecular complexity index is 811. The van der Waals surface area contributed by atoms with E-state index in [1.54, 1.807) is 0 Å². The smallest absolute Gasteiger partial charge is 0.246 e. The van der Waals surface area contributed by atoms with Gasteiger partial charge in [-0.2, -0.15) is 0 Å². The van der Waals surface area contributed by atoms with Gasteiger partial charge < -0.3 is 16.0 Å². The zero-order chi connectivity index (χ0) is 19.4. The monoisotopic (exact) mass is 365 g/mol. The molecule has 2 aromatic carbocycles. The molecule has 3 rings (SSSR count). The predicted octanol–water partition coefficient (Wildman–Crippen LogP) is 4.60. The number of carbonyl (C=O) groups is 2. The van der Waals surface area contributed by atoms with Gasteiger partial charge in [-0.3, -0.25) is 9.59 Å². The number of hydrogen-bond acceptors (Lipinski definition) is 3. The summed E-state index contributed by atoms with van der Waals surface area (Å²) in [5.41, 5.74) is 3.58. The third kappa shape index (κ3) is 5.09. The zero-order valence-corrected chi connectivity index (χ0v) is 16.1. The number of rotatable bonds is 7. The fourth-order valence-corrected chi connectivity index (χ4v) is 2.91. The molecule has 1 aliphatic carbocycles. The summed E-state index contributed by atoms with van der Waals surface area (Å²) < 4.78 is 0. The quantitative estimate of drug-likeness (QED) is 0.672. The molecule has 142 valence electrons. The first-order valence-corrected chi connectivity index (χ1v) is 9.51. The van der Waals surface area contributed by atoms with Crippen molar-refractivity contribution in [3.63, 3.8) is 0 Å². The summed E-state index contributed by atoms with van der Waals surface area (Å²) in [6.45, 7) is 6.04. The molecule has 0 spiro atoms. The molecule has 0 radical (unpaired) electrons. The van der Waals surface area contributed by atoms with Crippen LogP contribution in [0.1, 0.15) is 45.1 Å². The van der Waals surface area contributed by atoms with Gasteiger partial charge in [-0.1, -0.05) is 32.0 Å². The lowest BCUT2D eigenvalue weighted by molar-refractivity contribution is -0.117. The van der Waals surface area contributed by atoms with Crippen molar-refractivity contribution in [3.05, 3.63) is 54.1 Å². The lowest BCUT2D eigenvalue weighted by Gasteiger charge is -2.18. The van der Waals surface area contributed by atoms with Gasteiger partial charge in [0.25, 0.3) is 0 Å². The van der Waals surface area contributed by atoms with Crippen LogP contribution in [-0.2, 0) is 9.59 Å². The van der Waals surface area contributed by atoms with Gasteiger partial charge in [0.15, 0.2) is 0 Å². The van der Waals surface area contributed by atoms with E-state index in [9.17, 15) is 9.59 Å². The van der Waals surface area contributed by atoms with Crippen molar-refractivity contribution in [2.75, 3.05) is 16.0 Å². The fourth-order valence-electron chi connectivity index (χ4n) is 2.91. The Morgan fingerprint density at radius 2 is 1.52 bits per heavy atom. The van der Waals surface area contributed by atoms with Crippen LogP contribution in [-0.4, -0.2) is 17.9 Å². The molecule has 0 bridgehead atoms. The van der Waals surface area contributed by atoms with Crippen LogP contribution < -0.4 is 16.0 Å². The van der Waals surface area contributed by atoms with E-state index in [0.29, 0.717) is 5.92 Å². The Morgan fingerprint density at radius 3 is 2.15 bits per heavy atom. The number of anilines is 3. The molecule has 1 fully saturated rings. The molecule has 0 aliphatic heterocycles. The molecule has 27 heavy (non-hydrogen) atoms. The van der Waals surface area contributed by atoms with E-state index >= 15 is 0 Å². The topological polar surface area (TPSA) is 70.2 Å². The van der Waals surface area contributed by atoms with Gasteiger partial charge in [-0.05, 0) is 61.6 Å². The van der Waals surface area contributed by atoms with Gasteiger partial charge in [0.05, 0.1) is 0 Å². The molecule has 3 N–H and O–H groups in total. The standard InChI is InChI=1S/C22H27N3O2/c1-14(2)19-6-4-5-7-20(19)25-21(26)15(3)23-17-10-12-18(13-11-17)24-22(27)16-8-9-16/h4-7,10-16,23H,8-9H2,1-3H3,(H,24,27)(H,25,26)/t15-/m1/s1. The number of carbonyl (C=O) groups excluding carboxylic acids is 2. The van der Waals surface area contributed by atoms with E-state index in [2.05, 4.69) is 29.8 Å². The van der Waals surface area contributed by atoms with Crippen LogP contribution in [0.2, 0.25) is 0 Å². The van der Waals surface area contributed by atoms with Crippen LogP contribution >= 0.6 is 0 Å². The predicted molar refractivity (Wildman–Crippen MR) is 110 cm³/mol. The summed E-state index contributed by atoms with van der Waals surface area (Å²) in [6, 6.07) is 14.9. The van der Waals surface area contributed by atoms with Crippen molar-refractivity contribution in [2.24, 2.45) is 5.92 Å².